The summed E-state index contributed by atoms with van der Waals surface area (Å²) >= 11 is 1.73. The predicted octanol–water partition coefficient (Wildman–Crippen LogP) is 4.10. The van der Waals surface area contributed by atoms with Gasteiger partial charge in [0.15, 0.2) is 11.5 Å². The van der Waals surface area contributed by atoms with Crippen LogP contribution in [0, 0.1) is 0 Å². The molecule has 28 heavy (non-hydrogen) atoms. The molecule has 4 aromatic rings. The van der Waals surface area contributed by atoms with Gasteiger partial charge in [-0.2, -0.15) is 11.8 Å². The highest BCUT2D eigenvalue weighted by Gasteiger charge is 2.19. The predicted molar refractivity (Wildman–Crippen MR) is 112 cm³/mol. The van der Waals surface area contributed by atoms with Crippen molar-refractivity contribution in [2.75, 3.05) is 12.0 Å². The fourth-order valence-electron chi connectivity index (χ4n) is 3.06. The molecule has 4 rings (SSSR count). The van der Waals surface area contributed by atoms with Crippen molar-refractivity contribution in [1.82, 2.24) is 19.9 Å². The van der Waals surface area contributed by atoms with E-state index in [1.807, 2.05) is 65.4 Å². The van der Waals surface area contributed by atoms with E-state index < -0.39 is 0 Å². The number of para-hydroxylation sites is 1. The zero-order chi connectivity index (χ0) is 19.3. The second-order valence-electron chi connectivity index (χ2n) is 6.35. The second-order valence-corrected chi connectivity index (χ2v) is 7.34. The molecule has 6 nitrogen and oxygen atoms in total. The average Bonchev–Trinajstić information content (AvgIpc) is 3.33. The van der Waals surface area contributed by atoms with E-state index in [1.54, 1.807) is 17.8 Å². The minimum absolute atomic E-state index is 0.195. The van der Waals surface area contributed by atoms with E-state index in [0.717, 1.165) is 34.6 Å². The van der Waals surface area contributed by atoms with Gasteiger partial charge in [-0.25, -0.2) is 0 Å². The third-order valence-corrected chi connectivity index (χ3v) is 5.07. The number of amides is 1. The summed E-state index contributed by atoms with van der Waals surface area (Å²) in [7, 11) is 0. The summed E-state index contributed by atoms with van der Waals surface area (Å²) in [5, 5.41) is 12.5. The lowest BCUT2D eigenvalue weighted by Gasteiger charge is -2.15. The van der Waals surface area contributed by atoms with E-state index in [1.165, 1.54) is 6.08 Å². The Morgan fingerprint density at radius 3 is 2.96 bits per heavy atom. The van der Waals surface area contributed by atoms with Crippen molar-refractivity contribution >= 4 is 40.4 Å². The van der Waals surface area contributed by atoms with Gasteiger partial charge in [0.2, 0.25) is 5.91 Å². The minimum Gasteiger partial charge on any atom is -0.457 e. The normalized spacial score (nSPS) is 12.8. The van der Waals surface area contributed by atoms with Crippen molar-refractivity contribution in [1.29, 1.82) is 0 Å². The van der Waals surface area contributed by atoms with Gasteiger partial charge in [-0.1, -0.05) is 24.3 Å². The molecule has 3 aromatic heterocycles. The van der Waals surface area contributed by atoms with Crippen LogP contribution in [0.1, 0.15) is 24.0 Å². The first kappa shape index (κ1) is 18.3. The molecule has 0 aliphatic carbocycles. The summed E-state index contributed by atoms with van der Waals surface area (Å²) < 4.78 is 7.63. The first-order chi connectivity index (χ1) is 13.7. The molecule has 3 heterocycles. The van der Waals surface area contributed by atoms with Crippen molar-refractivity contribution in [2.24, 2.45) is 0 Å². The molecule has 0 radical (unpaired) electrons. The number of nitrogens with one attached hydrogen (secondary N) is 1. The number of furan rings is 1. The SMILES string of the molecule is CSCCC(NC(=O)/C=C\c1cc2ccccc2o1)c1nnc2ccccn12. The lowest BCUT2D eigenvalue weighted by Crippen LogP contribution is -2.29. The number of nitrogens with zero attached hydrogens (tertiary/aromatic N) is 3. The van der Waals surface area contributed by atoms with E-state index >= 15 is 0 Å². The van der Waals surface area contributed by atoms with Gasteiger partial charge in [-0.15, -0.1) is 10.2 Å². The maximum atomic E-state index is 12.5. The summed E-state index contributed by atoms with van der Waals surface area (Å²) in [5.74, 6) is 2.08. The largest absolute Gasteiger partial charge is 0.457 e. The van der Waals surface area contributed by atoms with Crippen LogP contribution in [-0.2, 0) is 4.79 Å². The van der Waals surface area contributed by atoms with E-state index in [2.05, 4.69) is 15.5 Å². The van der Waals surface area contributed by atoms with Crippen LogP contribution in [0.2, 0.25) is 0 Å². The molecule has 1 amide bonds. The Hall–Kier alpha value is -3.06. The standard InChI is InChI=1S/C21H20N4O2S/c1-28-13-11-17(21-24-23-19-8-4-5-12-25(19)21)22-20(26)10-9-16-14-15-6-2-3-7-18(15)27-16/h2-10,12,14,17H,11,13H2,1H3,(H,22,26)/b10-9-. The number of carbonyl (C=O) groups excluding carboxylic acids is 1. The van der Waals surface area contributed by atoms with Crippen LogP contribution in [0.25, 0.3) is 22.7 Å². The molecule has 1 N–H and O–H groups in total. The number of carbonyl (C=O) groups is 1. The third kappa shape index (κ3) is 3.94. The van der Waals surface area contributed by atoms with Crippen LogP contribution in [0.4, 0.5) is 0 Å². The summed E-state index contributed by atoms with van der Waals surface area (Å²) in [5.41, 5.74) is 1.56. The fourth-order valence-corrected chi connectivity index (χ4v) is 3.53. The van der Waals surface area contributed by atoms with Crippen LogP contribution in [-0.4, -0.2) is 32.5 Å². The van der Waals surface area contributed by atoms with Crippen molar-refractivity contribution in [2.45, 2.75) is 12.5 Å². The number of pyridine rings is 1. The number of hydrogen-bond donors (Lipinski definition) is 1. The molecule has 0 aliphatic heterocycles. The molecule has 142 valence electrons. The summed E-state index contributed by atoms with van der Waals surface area (Å²) in [4.78, 5) is 12.5. The second kappa shape index (κ2) is 8.31. The summed E-state index contributed by atoms with van der Waals surface area (Å²) in [6.45, 7) is 0. The highest BCUT2D eigenvalue weighted by Crippen LogP contribution is 2.20. The van der Waals surface area contributed by atoms with E-state index in [0.29, 0.717) is 5.76 Å². The van der Waals surface area contributed by atoms with E-state index in [4.69, 9.17) is 4.42 Å². The van der Waals surface area contributed by atoms with Gasteiger partial charge >= 0.3 is 0 Å². The van der Waals surface area contributed by atoms with Crippen molar-refractivity contribution < 1.29 is 9.21 Å². The van der Waals surface area contributed by atoms with E-state index in [9.17, 15) is 4.79 Å². The Bertz CT molecular complexity index is 1100. The van der Waals surface area contributed by atoms with Gasteiger partial charge in [0, 0.05) is 17.7 Å². The quantitative estimate of drug-likeness (QED) is 0.480. The molecule has 1 unspecified atom stereocenters. The lowest BCUT2D eigenvalue weighted by atomic mass is 10.2. The molecule has 0 bridgehead atoms. The number of benzene rings is 1. The smallest absolute Gasteiger partial charge is 0.244 e. The number of rotatable bonds is 7. The number of hydrogen-bond acceptors (Lipinski definition) is 5. The van der Waals surface area contributed by atoms with Gasteiger partial charge in [0.05, 0.1) is 6.04 Å². The molecule has 0 saturated heterocycles. The molecule has 0 saturated carbocycles. The monoisotopic (exact) mass is 392 g/mol. The Morgan fingerprint density at radius 2 is 2.11 bits per heavy atom. The lowest BCUT2D eigenvalue weighted by molar-refractivity contribution is -0.117. The van der Waals surface area contributed by atoms with E-state index in [-0.39, 0.29) is 11.9 Å². The van der Waals surface area contributed by atoms with Crippen molar-refractivity contribution in [3.8, 4) is 0 Å². The molecule has 7 heteroatoms. The maximum absolute atomic E-state index is 12.5. The Labute approximate surface area is 166 Å². The van der Waals surface area contributed by atoms with Gasteiger partial charge in [0.1, 0.15) is 11.3 Å². The number of thioether (sulfide) groups is 1. The van der Waals surface area contributed by atoms with Crippen molar-refractivity contribution in [3.05, 3.63) is 72.4 Å². The average molecular weight is 392 g/mol. The minimum atomic E-state index is -0.224. The molecule has 1 aromatic carbocycles. The maximum Gasteiger partial charge on any atom is 0.244 e. The molecule has 0 aliphatic rings. The Morgan fingerprint density at radius 1 is 1.25 bits per heavy atom. The molecule has 0 spiro atoms. The molecular weight excluding hydrogens is 372 g/mol. The highest BCUT2D eigenvalue weighted by molar-refractivity contribution is 7.98. The van der Waals surface area contributed by atoms with Crippen molar-refractivity contribution in [3.63, 3.8) is 0 Å². The summed E-state index contributed by atoms with van der Waals surface area (Å²) in [6.07, 6.45) is 7.90. The molecule has 1 atom stereocenters. The Kier molecular flexibility index (Phi) is 5.43. The first-order valence-electron chi connectivity index (χ1n) is 9.00. The van der Waals surface area contributed by atoms with Crippen LogP contribution < -0.4 is 5.32 Å². The molecular formula is C21H20N4O2S. The van der Waals surface area contributed by atoms with Gasteiger partial charge in [-0.3, -0.25) is 9.20 Å². The van der Waals surface area contributed by atoms with Crippen LogP contribution in [0.15, 0.2) is 65.2 Å². The highest BCUT2D eigenvalue weighted by atomic mass is 32.2. The van der Waals surface area contributed by atoms with Crippen LogP contribution >= 0.6 is 11.8 Å². The number of aromatic nitrogens is 3. The molecule has 0 fully saturated rings. The van der Waals surface area contributed by atoms with Gasteiger partial charge in [0.25, 0.3) is 0 Å². The van der Waals surface area contributed by atoms with Gasteiger partial charge < -0.3 is 9.73 Å². The first-order valence-corrected chi connectivity index (χ1v) is 10.4. The fraction of sp³-hybridized carbons (Fsp3) is 0.190. The topological polar surface area (TPSA) is 72.4 Å². The number of fused-ring (bicyclic) bond motifs is 2. The van der Waals surface area contributed by atoms with Crippen LogP contribution in [0.5, 0.6) is 0 Å². The summed E-state index contributed by atoms with van der Waals surface area (Å²) in [6, 6.07) is 15.2. The zero-order valence-electron chi connectivity index (χ0n) is 15.4. The third-order valence-electron chi connectivity index (χ3n) is 4.42. The van der Waals surface area contributed by atoms with Crippen LogP contribution in [0.3, 0.4) is 0 Å². The zero-order valence-corrected chi connectivity index (χ0v) is 16.2. The Balaban J connectivity index is 1.52. The van der Waals surface area contributed by atoms with Gasteiger partial charge in [-0.05, 0) is 48.8 Å².